The van der Waals surface area contributed by atoms with Crippen LogP contribution in [-0.2, 0) is 5.60 Å². The second-order valence-electron chi connectivity index (χ2n) is 9.62. The molecule has 2 aliphatic rings. The molecule has 0 unspecified atom stereocenters. The molecule has 3 aromatic rings. The normalized spacial score (nSPS) is 23.7. The molecule has 1 aliphatic heterocycles. The fourth-order valence-corrected chi connectivity index (χ4v) is 5.30. The van der Waals surface area contributed by atoms with Crippen LogP contribution in [0.4, 0.5) is 4.39 Å². The van der Waals surface area contributed by atoms with Gasteiger partial charge in [-0.1, -0.05) is 12.1 Å². The molecule has 1 aromatic carbocycles. The van der Waals surface area contributed by atoms with Gasteiger partial charge in [0.05, 0.1) is 16.9 Å². The number of amides is 1. The van der Waals surface area contributed by atoms with Gasteiger partial charge in [0.1, 0.15) is 12.1 Å². The van der Waals surface area contributed by atoms with Crippen LogP contribution in [0.1, 0.15) is 54.4 Å². The Morgan fingerprint density at radius 1 is 1.03 bits per heavy atom. The minimum absolute atomic E-state index is 0.128. The van der Waals surface area contributed by atoms with E-state index in [0.717, 1.165) is 44.3 Å². The Bertz CT molecular complexity index is 1140. The Labute approximate surface area is 204 Å². The zero-order valence-electron chi connectivity index (χ0n) is 19.6. The first-order chi connectivity index (χ1) is 17.0. The maximum atomic E-state index is 13.5. The third-order valence-electron chi connectivity index (χ3n) is 7.41. The topological polar surface area (TPSA) is 91.2 Å². The summed E-state index contributed by atoms with van der Waals surface area (Å²) in [5.41, 5.74) is 1.79. The molecule has 0 atom stereocenters. The van der Waals surface area contributed by atoms with Crippen molar-refractivity contribution in [2.24, 2.45) is 0 Å². The van der Waals surface area contributed by atoms with E-state index in [1.54, 1.807) is 42.9 Å². The highest BCUT2D eigenvalue weighted by molar-refractivity contribution is 5.94. The molecule has 1 saturated heterocycles. The number of aromatic nitrogens is 3. The number of carbonyl (C=O) groups excluding carboxylic acids is 1. The number of pyridine rings is 1. The van der Waals surface area contributed by atoms with Crippen LogP contribution in [0.2, 0.25) is 0 Å². The second kappa shape index (κ2) is 10.2. The van der Waals surface area contributed by atoms with Crippen LogP contribution in [-0.4, -0.2) is 56.0 Å². The maximum absolute atomic E-state index is 13.5. The smallest absolute Gasteiger partial charge is 0.253 e. The van der Waals surface area contributed by atoms with Crippen LogP contribution < -0.4 is 5.32 Å². The average Bonchev–Trinajstić information content (AvgIpc) is 2.90. The third kappa shape index (κ3) is 5.39. The molecule has 5 rings (SSSR count). The van der Waals surface area contributed by atoms with Gasteiger partial charge in [0, 0.05) is 54.9 Å². The van der Waals surface area contributed by atoms with Crippen molar-refractivity contribution in [2.75, 3.05) is 13.1 Å². The summed E-state index contributed by atoms with van der Waals surface area (Å²) in [6.45, 7) is 1.86. The molecular formula is C27H30FN5O2. The molecule has 3 heterocycles. The van der Waals surface area contributed by atoms with Crippen molar-refractivity contribution in [1.82, 2.24) is 25.2 Å². The first kappa shape index (κ1) is 23.5. The fourth-order valence-electron chi connectivity index (χ4n) is 5.30. The standard InChI is InChI=1S/C27H30FN5O2/c28-22-3-1-2-19(14-22)25-5-4-20(15-31-25)26(34)32-23-8-12-33(13-9-23)24-6-10-27(35,11-7-24)21-16-29-18-30-17-21/h1-5,14-18,23-24,35H,6-13H2,(H,32,34). The molecule has 2 fully saturated rings. The highest BCUT2D eigenvalue weighted by Gasteiger charge is 2.38. The Morgan fingerprint density at radius 3 is 2.43 bits per heavy atom. The minimum atomic E-state index is -0.831. The predicted molar refractivity (Wildman–Crippen MR) is 130 cm³/mol. The Kier molecular flexibility index (Phi) is 6.83. The summed E-state index contributed by atoms with van der Waals surface area (Å²) in [7, 11) is 0. The summed E-state index contributed by atoms with van der Waals surface area (Å²) in [6.07, 6.45) is 11.5. The van der Waals surface area contributed by atoms with Gasteiger partial charge in [-0.2, -0.15) is 0 Å². The number of nitrogens with one attached hydrogen (secondary N) is 1. The predicted octanol–water partition coefficient (Wildman–Crippen LogP) is 3.70. The average molecular weight is 476 g/mol. The molecule has 182 valence electrons. The summed E-state index contributed by atoms with van der Waals surface area (Å²) in [4.78, 5) is 27.7. The van der Waals surface area contributed by atoms with E-state index in [2.05, 4.69) is 25.2 Å². The van der Waals surface area contributed by atoms with E-state index in [9.17, 15) is 14.3 Å². The van der Waals surface area contributed by atoms with E-state index < -0.39 is 5.60 Å². The number of aliphatic hydroxyl groups is 1. The first-order valence-electron chi connectivity index (χ1n) is 12.2. The van der Waals surface area contributed by atoms with Crippen LogP contribution in [0, 0.1) is 5.82 Å². The molecule has 2 N–H and O–H groups in total. The van der Waals surface area contributed by atoms with Gasteiger partial charge in [-0.15, -0.1) is 0 Å². The quantitative estimate of drug-likeness (QED) is 0.585. The molecule has 1 aliphatic carbocycles. The van der Waals surface area contributed by atoms with E-state index in [1.165, 1.54) is 18.5 Å². The molecule has 0 radical (unpaired) electrons. The second-order valence-corrected chi connectivity index (χ2v) is 9.62. The van der Waals surface area contributed by atoms with Gasteiger partial charge in [-0.3, -0.25) is 9.78 Å². The van der Waals surface area contributed by atoms with E-state index in [4.69, 9.17) is 0 Å². The van der Waals surface area contributed by atoms with Crippen molar-refractivity contribution in [1.29, 1.82) is 0 Å². The van der Waals surface area contributed by atoms with E-state index in [1.807, 2.05) is 0 Å². The zero-order valence-corrected chi connectivity index (χ0v) is 19.6. The van der Waals surface area contributed by atoms with Crippen molar-refractivity contribution in [3.05, 3.63) is 78.3 Å². The molecule has 1 amide bonds. The molecule has 0 bridgehead atoms. The minimum Gasteiger partial charge on any atom is -0.385 e. The maximum Gasteiger partial charge on any atom is 0.253 e. The van der Waals surface area contributed by atoms with Crippen LogP contribution >= 0.6 is 0 Å². The molecule has 7 nitrogen and oxygen atoms in total. The first-order valence-corrected chi connectivity index (χ1v) is 12.2. The molecular weight excluding hydrogens is 445 g/mol. The lowest BCUT2D eigenvalue weighted by Gasteiger charge is -2.43. The van der Waals surface area contributed by atoms with Gasteiger partial charge in [0.15, 0.2) is 0 Å². The fraction of sp³-hybridized carbons (Fsp3) is 0.407. The van der Waals surface area contributed by atoms with Crippen molar-refractivity contribution < 1.29 is 14.3 Å². The lowest BCUT2D eigenvalue weighted by atomic mass is 9.78. The molecule has 0 spiro atoms. The summed E-state index contributed by atoms with van der Waals surface area (Å²) in [6, 6.07) is 10.3. The number of rotatable bonds is 5. The number of hydrogen-bond acceptors (Lipinski definition) is 6. The number of nitrogens with zero attached hydrogens (tertiary/aromatic N) is 4. The highest BCUT2D eigenvalue weighted by Crippen LogP contribution is 2.38. The highest BCUT2D eigenvalue weighted by atomic mass is 19.1. The van der Waals surface area contributed by atoms with Crippen molar-refractivity contribution in [3.8, 4) is 11.3 Å². The third-order valence-corrected chi connectivity index (χ3v) is 7.41. The summed E-state index contributed by atoms with van der Waals surface area (Å²) in [5, 5.41) is 14.2. The number of likely N-dealkylation sites (tertiary alicyclic amines) is 1. The molecule has 2 aromatic heterocycles. The van der Waals surface area contributed by atoms with Gasteiger partial charge >= 0.3 is 0 Å². The SMILES string of the molecule is O=C(NC1CCN(C2CCC(O)(c3cncnc3)CC2)CC1)c1ccc(-c2cccc(F)c2)nc1. The van der Waals surface area contributed by atoms with Crippen LogP contribution in [0.3, 0.4) is 0 Å². The van der Waals surface area contributed by atoms with Gasteiger partial charge in [-0.25, -0.2) is 14.4 Å². The van der Waals surface area contributed by atoms with Gasteiger partial charge in [0.25, 0.3) is 5.91 Å². The Morgan fingerprint density at radius 2 is 1.77 bits per heavy atom. The number of benzene rings is 1. The van der Waals surface area contributed by atoms with E-state index >= 15 is 0 Å². The van der Waals surface area contributed by atoms with Gasteiger partial charge < -0.3 is 15.3 Å². The Hall–Kier alpha value is -3.23. The number of halogens is 1. The van der Waals surface area contributed by atoms with Crippen LogP contribution in [0.15, 0.2) is 61.3 Å². The van der Waals surface area contributed by atoms with Crippen molar-refractivity contribution >= 4 is 5.91 Å². The van der Waals surface area contributed by atoms with Crippen LogP contribution in [0.5, 0.6) is 0 Å². The zero-order chi connectivity index (χ0) is 24.3. The van der Waals surface area contributed by atoms with E-state index in [-0.39, 0.29) is 17.8 Å². The summed E-state index contributed by atoms with van der Waals surface area (Å²) < 4.78 is 13.5. The number of carbonyl (C=O) groups is 1. The molecule has 8 heteroatoms. The van der Waals surface area contributed by atoms with Gasteiger partial charge in [0.2, 0.25) is 0 Å². The van der Waals surface area contributed by atoms with Gasteiger partial charge in [-0.05, 0) is 62.8 Å². The van der Waals surface area contributed by atoms with Crippen molar-refractivity contribution in [2.45, 2.75) is 56.2 Å². The van der Waals surface area contributed by atoms with Crippen LogP contribution in [0.25, 0.3) is 11.3 Å². The Balaban J connectivity index is 1.10. The lowest BCUT2D eigenvalue weighted by Crippen LogP contribution is -2.50. The summed E-state index contributed by atoms with van der Waals surface area (Å²) in [5.74, 6) is -0.443. The van der Waals surface area contributed by atoms with Crippen molar-refractivity contribution in [3.63, 3.8) is 0 Å². The van der Waals surface area contributed by atoms with E-state index in [0.29, 0.717) is 35.7 Å². The monoisotopic (exact) mass is 475 g/mol. The number of piperidine rings is 1. The lowest BCUT2D eigenvalue weighted by molar-refractivity contribution is -0.0290. The molecule has 1 saturated carbocycles. The summed E-state index contributed by atoms with van der Waals surface area (Å²) >= 11 is 0. The largest absolute Gasteiger partial charge is 0.385 e. The number of hydrogen-bond donors (Lipinski definition) is 2. The molecule has 35 heavy (non-hydrogen) atoms.